The molecule has 0 aliphatic heterocycles. The number of nitro groups is 1. The molecule has 2 amide bonds. The third-order valence-electron chi connectivity index (χ3n) is 3.31. The topological polar surface area (TPSA) is 114 Å². The van der Waals surface area contributed by atoms with Crippen molar-refractivity contribution in [3.8, 4) is 0 Å². The van der Waals surface area contributed by atoms with E-state index in [2.05, 4.69) is 15.8 Å². The summed E-state index contributed by atoms with van der Waals surface area (Å²) in [6.07, 6.45) is 1.22. The first-order chi connectivity index (χ1) is 12.0. The van der Waals surface area contributed by atoms with Crippen molar-refractivity contribution in [1.82, 2.24) is 10.7 Å². The average Bonchev–Trinajstić information content (AvgIpc) is 2.62. The molecule has 2 N–H and O–H groups in total. The second kappa shape index (κ2) is 8.34. The van der Waals surface area contributed by atoms with Gasteiger partial charge in [-0.2, -0.15) is 5.10 Å². The Labute approximate surface area is 143 Å². The van der Waals surface area contributed by atoms with Crippen LogP contribution in [0.25, 0.3) is 0 Å². The molecule has 8 heteroatoms. The second-order valence-electron chi connectivity index (χ2n) is 5.16. The number of nitro benzene ring substituents is 1. The number of nitrogens with one attached hydrogen (secondary N) is 2. The molecule has 0 saturated heterocycles. The van der Waals surface area contributed by atoms with E-state index in [4.69, 9.17) is 0 Å². The molecule has 25 heavy (non-hydrogen) atoms. The molecule has 0 saturated carbocycles. The number of rotatable bonds is 5. The van der Waals surface area contributed by atoms with E-state index in [9.17, 15) is 19.7 Å². The van der Waals surface area contributed by atoms with Crippen LogP contribution in [-0.4, -0.2) is 23.0 Å². The van der Waals surface area contributed by atoms with E-state index in [1.165, 1.54) is 24.4 Å². The molecule has 0 aliphatic carbocycles. The maximum absolute atomic E-state index is 11.8. The highest BCUT2D eigenvalue weighted by Crippen LogP contribution is 2.12. The van der Waals surface area contributed by atoms with Gasteiger partial charge < -0.3 is 5.32 Å². The number of hydrogen-bond acceptors (Lipinski definition) is 5. The summed E-state index contributed by atoms with van der Waals surface area (Å²) in [5, 5.41) is 16.9. The average molecular weight is 340 g/mol. The minimum atomic E-state index is -0.926. The van der Waals surface area contributed by atoms with E-state index >= 15 is 0 Å². The molecule has 0 radical (unpaired) electrons. The maximum Gasteiger partial charge on any atom is 0.329 e. The third-order valence-corrected chi connectivity index (χ3v) is 3.31. The number of non-ortho nitro benzene ring substituents is 1. The van der Waals surface area contributed by atoms with Gasteiger partial charge in [0.15, 0.2) is 0 Å². The van der Waals surface area contributed by atoms with Crippen molar-refractivity contribution in [2.45, 2.75) is 13.0 Å². The number of hydrazone groups is 1. The summed E-state index contributed by atoms with van der Waals surface area (Å²) in [6.45, 7) is 1.76. The van der Waals surface area contributed by atoms with Crippen molar-refractivity contribution < 1.29 is 14.5 Å². The SMILES string of the molecule is C[C@@H](NC(=O)C(=O)N/N=C\c1cccc([N+](=O)[O-])c1)c1ccccc1. The largest absolute Gasteiger partial charge is 0.341 e. The Morgan fingerprint density at radius 2 is 1.84 bits per heavy atom. The Bertz CT molecular complexity index is 805. The molecular formula is C17H16N4O4. The van der Waals surface area contributed by atoms with Crippen molar-refractivity contribution in [1.29, 1.82) is 0 Å². The minimum Gasteiger partial charge on any atom is -0.341 e. The summed E-state index contributed by atoms with van der Waals surface area (Å²) in [7, 11) is 0. The van der Waals surface area contributed by atoms with Gasteiger partial charge in [0.2, 0.25) is 0 Å². The summed E-state index contributed by atoms with van der Waals surface area (Å²) in [5.41, 5.74) is 3.28. The second-order valence-corrected chi connectivity index (χ2v) is 5.16. The number of nitrogens with zero attached hydrogens (tertiary/aromatic N) is 2. The van der Waals surface area contributed by atoms with Gasteiger partial charge in [-0.3, -0.25) is 19.7 Å². The van der Waals surface area contributed by atoms with Gasteiger partial charge >= 0.3 is 11.8 Å². The van der Waals surface area contributed by atoms with Crippen molar-refractivity contribution in [3.05, 3.63) is 75.8 Å². The van der Waals surface area contributed by atoms with Crippen LogP contribution < -0.4 is 10.7 Å². The summed E-state index contributed by atoms with van der Waals surface area (Å²) >= 11 is 0. The Kier molecular flexibility index (Phi) is 5.94. The molecular weight excluding hydrogens is 324 g/mol. The summed E-state index contributed by atoms with van der Waals surface area (Å²) in [5.74, 6) is -1.75. The number of amides is 2. The minimum absolute atomic E-state index is 0.0929. The van der Waals surface area contributed by atoms with Gasteiger partial charge in [0.05, 0.1) is 17.2 Å². The van der Waals surface area contributed by atoms with Crippen molar-refractivity contribution >= 4 is 23.7 Å². The zero-order chi connectivity index (χ0) is 18.2. The van der Waals surface area contributed by atoms with Crippen LogP contribution >= 0.6 is 0 Å². The fourth-order valence-electron chi connectivity index (χ4n) is 2.02. The van der Waals surface area contributed by atoms with E-state index in [0.717, 1.165) is 5.56 Å². The Morgan fingerprint density at radius 1 is 1.12 bits per heavy atom. The third kappa shape index (κ3) is 5.24. The van der Waals surface area contributed by atoms with Crippen LogP contribution in [0.5, 0.6) is 0 Å². The van der Waals surface area contributed by atoms with Crippen LogP contribution in [0.1, 0.15) is 24.1 Å². The number of carbonyl (C=O) groups is 2. The van der Waals surface area contributed by atoms with Crippen molar-refractivity contribution in [2.75, 3.05) is 0 Å². The van der Waals surface area contributed by atoms with Gasteiger partial charge in [-0.25, -0.2) is 5.43 Å². The van der Waals surface area contributed by atoms with E-state index in [1.54, 1.807) is 13.0 Å². The molecule has 0 aromatic heterocycles. The maximum atomic E-state index is 11.8. The van der Waals surface area contributed by atoms with Crippen LogP contribution in [0.3, 0.4) is 0 Å². The lowest BCUT2D eigenvalue weighted by Gasteiger charge is -2.13. The smallest absolute Gasteiger partial charge is 0.329 e. The lowest BCUT2D eigenvalue weighted by molar-refractivity contribution is -0.384. The predicted octanol–water partition coefficient (Wildman–Crippen LogP) is 1.92. The van der Waals surface area contributed by atoms with Crippen LogP contribution in [0.2, 0.25) is 0 Å². The lowest BCUT2D eigenvalue weighted by Crippen LogP contribution is -2.39. The lowest BCUT2D eigenvalue weighted by atomic mass is 10.1. The fourth-order valence-corrected chi connectivity index (χ4v) is 2.02. The molecule has 0 unspecified atom stereocenters. The van der Waals surface area contributed by atoms with Gasteiger partial charge in [0.25, 0.3) is 5.69 Å². The molecule has 2 aromatic carbocycles. The number of carbonyl (C=O) groups excluding carboxylic acids is 2. The van der Waals surface area contributed by atoms with Crippen LogP contribution in [0.15, 0.2) is 59.7 Å². The first kappa shape index (κ1) is 17.8. The Balaban J connectivity index is 1.90. The molecule has 0 spiro atoms. The van der Waals surface area contributed by atoms with Gasteiger partial charge in [-0.1, -0.05) is 42.5 Å². The zero-order valence-electron chi connectivity index (χ0n) is 13.4. The molecule has 0 bridgehead atoms. The molecule has 8 nitrogen and oxygen atoms in total. The number of benzene rings is 2. The molecule has 0 heterocycles. The van der Waals surface area contributed by atoms with Gasteiger partial charge in [0, 0.05) is 17.7 Å². The quantitative estimate of drug-likeness (QED) is 0.374. The first-order valence-corrected chi connectivity index (χ1v) is 7.40. The zero-order valence-corrected chi connectivity index (χ0v) is 13.4. The van der Waals surface area contributed by atoms with E-state index < -0.39 is 16.7 Å². The molecule has 2 aromatic rings. The number of hydrogen-bond donors (Lipinski definition) is 2. The standard InChI is InChI=1S/C17H16N4O4/c1-12(14-7-3-2-4-8-14)19-16(22)17(23)20-18-11-13-6-5-9-15(10-13)21(24)25/h2-12H,1H3,(H,19,22)(H,20,23)/b18-11-/t12-/m1/s1. The summed E-state index contributed by atoms with van der Waals surface area (Å²) < 4.78 is 0. The Morgan fingerprint density at radius 3 is 2.52 bits per heavy atom. The van der Waals surface area contributed by atoms with Crippen molar-refractivity contribution in [3.63, 3.8) is 0 Å². The van der Waals surface area contributed by atoms with Gasteiger partial charge in [-0.15, -0.1) is 0 Å². The molecule has 128 valence electrons. The molecule has 0 aliphatic rings. The van der Waals surface area contributed by atoms with E-state index in [1.807, 2.05) is 30.3 Å². The summed E-state index contributed by atoms with van der Waals surface area (Å²) in [4.78, 5) is 33.7. The molecule has 0 fully saturated rings. The normalized spacial score (nSPS) is 11.7. The monoisotopic (exact) mass is 340 g/mol. The van der Waals surface area contributed by atoms with E-state index in [0.29, 0.717) is 5.56 Å². The highest BCUT2D eigenvalue weighted by molar-refractivity contribution is 6.35. The Hall–Kier alpha value is -3.55. The van der Waals surface area contributed by atoms with Crippen LogP contribution in [0.4, 0.5) is 5.69 Å². The van der Waals surface area contributed by atoms with Gasteiger partial charge in [-0.05, 0) is 12.5 Å². The predicted molar refractivity (Wildman–Crippen MR) is 91.8 cm³/mol. The van der Waals surface area contributed by atoms with E-state index in [-0.39, 0.29) is 11.7 Å². The first-order valence-electron chi connectivity index (χ1n) is 7.40. The van der Waals surface area contributed by atoms with Crippen LogP contribution in [0, 0.1) is 10.1 Å². The molecule has 1 atom stereocenters. The van der Waals surface area contributed by atoms with Crippen molar-refractivity contribution in [2.24, 2.45) is 5.10 Å². The molecule has 2 rings (SSSR count). The highest BCUT2D eigenvalue weighted by atomic mass is 16.6. The highest BCUT2D eigenvalue weighted by Gasteiger charge is 2.16. The summed E-state index contributed by atoms with van der Waals surface area (Å²) in [6, 6.07) is 14.6. The van der Waals surface area contributed by atoms with Gasteiger partial charge in [0.1, 0.15) is 0 Å². The van der Waals surface area contributed by atoms with Crippen LogP contribution in [-0.2, 0) is 9.59 Å². The fraction of sp³-hybridized carbons (Fsp3) is 0.118.